The average Bonchev–Trinajstić information content (AvgIpc) is 3.24. The first-order chi connectivity index (χ1) is 28.2. The van der Waals surface area contributed by atoms with Crippen molar-refractivity contribution in [1.29, 1.82) is 0 Å². The zero-order valence-electron chi connectivity index (χ0n) is 37.3. The molecule has 5 nitrogen and oxygen atoms in total. The van der Waals surface area contributed by atoms with Gasteiger partial charge in [-0.1, -0.05) is 299 Å². The van der Waals surface area contributed by atoms with Gasteiger partial charge >= 0.3 is 0 Å². The molecule has 0 heterocycles. The molecule has 4 unspecified atom stereocenters. The summed E-state index contributed by atoms with van der Waals surface area (Å²) < 4.78 is 4.82. The number of hydrogen-bond donors (Lipinski definition) is 0. The van der Waals surface area contributed by atoms with Gasteiger partial charge in [-0.25, -0.2) is 12.3 Å². The van der Waals surface area contributed by atoms with E-state index in [0.29, 0.717) is 0 Å². The van der Waals surface area contributed by atoms with Gasteiger partial charge in [0.15, 0.2) is 0 Å². The molecule has 60 heavy (non-hydrogen) atoms. The van der Waals surface area contributed by atoms with Gasteiger partial charge in [0.1, 0.15) is 0 Å². The summed E-state index contributed by atoms with van der Waals surface area (Å²) in [6, 6.07) is 62.6. The minimum Gasteiger partial charge on any atom is -0.668 e. The molecule has 0 aromatic heterocycles. The Balaban J connectivity index is 0.000000263. The van der Waals surface area contributed by atoms with Crippen molar-refractivity contribution in [2.24, 2.45) is 0 Å². The maximum atomic E-state index is 5.02. The van der Waals surface area contributed by atoms with E-state index in [1.165, 1.54) is 22.3 Å². The van der Waals surface area contributed by atoms with Crippen LogP contribution in [0.1, 0.15) is 97.6 Å². The zero-order chi connectivity index (χ0) is 42.7. The van der Waals surface area contributed by atoms with Crippen molar-refractivity contribution in [2.45, 2.75) is 103 Å². The third-order valence-corrected chi connectivity index (χ3v) is 14.8. The Morgan fingerprint density at radius 2 is 0.450 bits per heavy atom. The van der Waals surface area contributed by atoms with Crippen LogP contribution in [-0.2, 0) is 0 Å². The molecular weight excluding hydrogens is 926 g/mol. The van der Waals surface area contributed by atoms with Gasteiger partial charge in [-0.15, -0.1) is 24.2 Å². The molecule has 0 aliphatic carbocycles. The molecule has 6 rings (SSSR count). The van der Waals surface area contributed by atoms with Gasteiger partial charge in [-0.2, -0.15) is 0 Å². The van der Waals surface area contributed by atoms with E-state index in [-0.39, 0.29) is 73.4 Å². The van der Waals surface area contributed by atoms with Crippen molar-refractivity contribution in [3.8, 4) is 0 Å². The Hall–Kier alpha value is -3.21. The van der Waals surface area contributed by atoms with E-state index >= 15 is 0 Å². The molecule has 6 aromatic rings. The van der Waals surface area contributed by atoms with E-state index in [2.05, 4.69) is 188 Å². The van der Waals surface area contributed by atoms with Gasteiger partial charge in [0.05, 0.1) is 0 Å². The fraction of sp³-hybridized carbons (Fsp3) is 0.308. The normalized spacial score (nSPS) is 14.3. The summed E-state index contributed by atoms with van der Waals surface area (Å²) >= 11 is 0. The molecule has 0 aliphatic heterocycles. The SMILES string of the molecule is CC([N-]C([N-]C(C)c1ccccc1)c1ccccc1)c1ccccc1.CC([N-]C([N-]C(C)c1ccccc1)c1ccccc1)c1ccccc1.C[Si](C)(C)[N-][Si](C)(C)C.[Lu]. The maximum Gasteiger partial charge on any atom is 0 e. The van der Waals surface area contributed by atoms with Crippen molar-refractivity contribution in [3.63, 3.8) is 0 Å². The molecule has 6 aromatic carbocycles. The van der Waals surface area contributed by atoms with Crippen molar-refractivity contribution in [2.75, 3.05) is 0 Å². The van der Waals surface area contributed by atoms with E-state index < -0.39 is 16.5 Å². The fourth-order valence-corrected chi connectivity index (χ4v) is 14.8. The summed E-state index contributed by atoms with van der Waals surface area (Å²) in [5.41, 5.74) is 7.12. The van der Waals surface area contributed by atoms with Gasteiger partial charge in [0, 0.05) is 36.9 Å². The van der Waals surface area contributed by atoms with Crippen molar-refractivity contribution >= 4 is 16.5 Å². The number of rotatable bonds is 16. The molecule has 0 aliphatic rings. The summed E-state index contributed by atoms with van der Waals surface area (Å²) in [5.74, 6) is 0. The molecule has 1 radical (unpaired) electrons. The largest absolute Gasteiger partial charge is 0.668 e. The molecule has 4 atom stereocenters. The van der Waals surface area contributed by atoms with Crippen LogP contribution in [0.4, 0.5) is 0 Å². The first kappa shape index (κ1) is 51.1. The topological polar surface area (TPSA) is 70.5 Å². The van der Waals surface area contributed by atoms with E-state index in [9.17, 15) is 0 Å². The van der Waals surface area contributed by atoms with Crippen LogP contribution in [0, 0.1) is 36.9 Å². The summed E-state index contributed by atoms with van der Waals surface area (Å²) in [5, 5.41) is 20.1. The average molecular weight is 992 g/mol. The minimum absolute atomic E-state index is 0. The molecule has 0 spiro atoms. The second-order valence-electron chi connectivity index (χ2n) is 17.0. The molecule has 0 saturated heterocycles. The summed E-state index contributed by atoms with van der Waals surface area (Å²) in [6.45, 7) is 22.3. The number of nitrogens with zero attached hydrogens (tertiary/aromatic N) is 5. The van der Waals surface area contributed by atoms with Gasteiger partial charge in [-0.3, -0.25) is 0 Å². The number of hydrogen-bond acceptors (Lipinski definition) is 0. The predicted molar refractivity (Wildman–Crippen MR) is 261 cm³/mol. The quantitative estimate of drug-likeness (QED) is 0.0867. The van der Waals surface area contributed by atoms with Gasteiger partial charge in [0.2, 0.25) is 0 Å². The molecule has 327 valence electrons. The van der Waals surface area contributed by atoms with Crippen LogP contribution in [0.2, 0.25) is 39.3 Å². The Labute approximate surface area is 395 Å². The van der Waals surface area contributed by atoms with Crippen LogP contribution < -0.4 is 0 Å². The second-order valence-corrected chi connectivity index (χ2v) is 26.5. The van der Waals surface area contributed by atoms with E-state index in [1.807, 2.05) is 60.7 Å². The smallest absolute Gasteiger partial charge is 0 e. The van der Waals surface area contributed by atoms with E-state index in [4.69, 9.17) is 25.9 Å². The van der Waals surface area contributed by atoms with Crippen LogP contribution in [0.25, 0.3) is 25.9 Å². The monoisotopic (exact) mass is 991 g/mol. The molecular formula is C52H66LuN5Si2-5. The Morgan fingerprint density at radius 1 is 0.283 bits per heavy atom. The van der Waals surface area contributed by atoms with Crippen LogP contribution in [-0.4, -0.2) is 16.5 Å². The van der Waals surface area contributed by atoms with Crippen LogP contribution >= 0.6 is 0 Å². The predicted octanol–water partition coefficient (Wildman–Crippen LogP) is 16.9. The fourth-order valence-electron chi connectivity index (χ4n) is 6.80. The zero-order valence-corrected chi connectivity index (χ0v) is 40.9. The van der Waals surface area contributed by atoms with Gasteiger partial charge < -0.3 is 25.9 Å². The maximum absolute atomic E-state index is 5.02. The standard InChI is InChI=1S/2C23H24N2.C6H18NSi2.Lu/c2*1-18(20-12-6-3-7-13-20)24-23(22-16-10-5-11-17-22)25-19(2)21-14-8-4-9-15-21;1-8(2,3)7-9(4,5)6;/h2*3-19,23H,1-2H3;1-6H3;/q2*-2;-1;. The first-order valence-corrected chi connectivity index (χ1v) is 27.9. The van der Waals surface area contributed by atoms with Gasteiger partial charge in [0.25, 0.3) is 0 Å². The van der Waals surface area contributed by atoms with Crippen LogP contribution in [0.15, 0.2) is 182 Å². The first-order valence-electron chi connectivity index (χ1n) is 21.0. The molecule has 0 saturated carbocycles. The van der Waals surface area contributed by atoms with Crippen molar-refractivity contribution in [3.05, 3.63) is 241 Å². The Bertz CT molecular complexity index is 1740. The Morgan fingerprint density at radius 3 is 0.600 bits per heavy atom. The van der Waals surface area contributed by atoms with Crippen molar-refractivity contribution in [1.82, 2.24) is 0 Å². The summed E-state index contributed by atoms with van der Waals surface area (Å²) in [4.78, 5) is 0. The van der Waals surface area contributed by atoms with Crippen LogP contribution in [0.5, 0.6) is 0 Å². The minimum atomic E-state index is -1.11. The molecule has 0 N–H and O–H groups in total. The molecule has 8 heteroatoms. The molecule has 0 amide bonds. The molecule has 0 fully saturated rings. The van der Waals surface area contributed by atoms with Gasteiger partial charge in [-0.05, 0) is 0 Å². The third kappa shape index (κ3) is 19.2. The van der Waals surface area contributed by atoms with E-state index in [1.54, 1.807) is 0 Å². The van der Waals surface area contributed by atoms with Crippen molar-refractivity contribution < 1.29 is 36.9 Å². The molecule has 0 bridgehead atoms. The summed E-state index contributed by atoms with van der Waals surface area (Å²) in [6.07, 6.45) is -0.349. The third-order valence-electron chi connectivity index (χ3n) is 9.45. The Kier molecular flexibility index (Phi) is 22.4. The van der Waals surface area contributed by atoms with Crippen LogP contribution in [0.3, 0.4) is 0 Å². The van der Waals surface area contributed by atoms with E-state index in [0.717, 1.165) is 11.1 Å². The second kappa shape index (κ2) is 26.3. The number of benzene rings is 6. The summed E-state index contributed by atoms with van der Waals surface area (Å²) in [7, 11) is -2.21.